The third-order valence-corrected chi connectivity index (χ3v) is 4.62. The average Bonchev–Trinajstić information content (AvgIpc) is 2.84. The molecule has 1 N–H and O–H groups in total. The van der Waals surface area contributed by atoms with E-state index in [9.17, 15) is 9.18 Å². The molecule has 0 aliphatic carbocycles. The number of benzene rings is 2. The number of rotatable bonds is 2. The summed E-state index contributed by atoms with van der Waals surface area (Å²) in [4.78, 5) is 13.4. The molecule has 4 heteroatoms. The first kappa shape index (κ1) is 13.2. The second-order valence-corrected chi connectivity index (χ2v) is 6.14. The lowest BCUT2D eigenvalue weighted by atomic mass is 10.1. The van der Waals surface area contributed by atoms with Gasteiger partial charge in [-0.05, 0) is 37.1 Å². The molecule has 0 bridgehead atoms. The summed E-state index contributed by atoms with van der Waals surface area (Å²) in [6.45, 7) is 2.04. The number of para-hydroxylation sites is 1. The normalized spacial score (nSPS) is 16.8. The zero-order chi connectivity index (χ0) is 14.1. The van der Waals surface area contributed by atoms with Gasteiger partial charge in [0.15, 0.2) is 0 Å². The quantitative estimate of drug-likeness (QED) is 0.910. The predicted molar refractivity (Wildman–Crippen MR) is 79.6 cm³/mol. The minimum atomic E-state index is -0.405. The Bertz CT molecular complexity index is 671. The lowest BCUT2D eigenvalue weighted by molar-refractivity contribution is -0.115. The Balaban J connectivity index is 1.73. The molecule has 0 aromatic heterocycles. The van der Waals surface area contributed by atoms with Crippen LogP contribution in [-0.2, 0) is 11.2 Å². The van der Waals surface area contributed by atoms with Crippen LogP contribution in [0, 0.1) is 12.7 Å². The van der Waals surface area contributed by atoms with Crippen LogP contribution in [0.15, 0.2) is 47.4 Å². The Labute approximate surface area is 121 Å². The third-order valence-electron chi connectivity index (χ3n) is 3.32. The Kier molecular flexibility index (Phi) is 3.49. The molecule has 1 aliphatic rings. The largest absolute Gasteiger partial charge is 0.323 e. The second-order valence-electron chi connectivity index (χ2n) is 4.89. The highest BCUT2D eigenvalue weighted by Gasteiger charge is 2.28. The number of carbonyl (C=O) groups excluding carboxylic acids is 1. The molecular weight excluding hydrogens is 273 g/mol. The van der Waals surface area contributed by atoms with Gasteiger partial charge in [0.25, 0.3) is 0 Å². The fraction of sp³-hybridized carbons (Fsp3) is 0.188. The molecule has 3 rings (SSSR count). The summed E-state index contributed by atoms with van der Waals surface area (Å²) in [6.07, 6.45) is 0.695. The number of thioether (sulfide) groups is 1. The summed E-state index contributed by atoms with van der Waals surface area (Å²) in [5.41, 5.74) is 2.62. The summed E-state index contributed by atoms with van der Waals surface area (Å²) in [5.74, 6) is -0.550. The van der Waals surface area contributed by atoms with Crippen LogP contribution >= 0.6 is 11.8 Å². The maximum atomic E-state index is 13.5. The van der Waals surface area contributed by atoms with Gasteiger partial charge in [0, 0.05) is 4.90 Å². The molecule has 0 fully saturated rings. The van der Waals surface area contributed by atoms with E-state index in [2.05, 4.69) is 23.5 Å². The monoisotopic (exact) mass is 287 g/mol. The Morgan fingerprint density at radius 3 is 2.90 bits per heavy atom. The van der Waals surface area contributed by atoms with Gasteiger partial charge in [0.2, 0.25) is 5.91 Å². The highest BCUT2D eigenvalue weighted by atomic mass is 32.2. The van der Waals surface area contributed by atoms with Crippen molar-refractivity contribution in [3.63, 3.8) is 0 Å². The molecule has 1 aliphatic heterocycles. The molecule has 102 valence electrons. The highest BCUT2D eigenvalue weighted by molar-refractivity contribution is 8.01. The molecule has 0 unspecified atom stereocenters. The molecule has 0 radical (unpaired) electrons. The summed E-state index contributed by atoms with van der Waals surface area (Å²) >= 11 is 1.55. The average molecular weight is 287 g/mol. The number of aryl methyl sites for hydroxylation is 1. The smallest absolute Gasteiger partial charge is 0.238 e. The van der Waals surface area contributed by atoms with Crippen LogP contribution in [0.5, 0.6) is 0 Å². The number of hydrogen-bond donors (Lipinski definition) is 1. The van der Waals surface area contributed by atoms with Crippen LogP contribution in [-0.4, -0.2) is 11.2 Å². The Morgan fingerprint density at radius 2 is 2.10 bits per heavy atom. The van der Waals surface area contributed by atoms with Crippen molar-refractivity contribution >= 4 is 23.4 Å². The van der Waals surface area contributed by atoms with Crippen LogP contribution in [0.25, 0.3) is 0 Å². The maximum absolute atomic E-state index is 13.5. The SMILES string of the molecule is Cc1ccc2c(c1)S[C@@H](C(=O)Nc1ccccc1F)C2. The van der Waals surface area contributed by atoms with Crippen LogP contribution in [0.3, 0.4) is 0 Å². The number of halogens is 1. The van der Waals surface area contributed by atoms with Gasteiger partial charge in [-0.1, -0.05) is 29.8 Å². The standard InChI is InChI=1S/C16H14FNOS/c1-10-6-7-11-9-15(20-14(11)8-10)16(19)18-13-5-3-2-4-12(13)17/h2-8,15H,9H2,1H3,(H,18,19)/t15-/m1/s1. The Morgan fingerprint density at radius 1 is 1.30 bits per heavy atom. The van der Waals surface area contributed by atoms with E-state index in [4.69, 9.17) is 0 Å². The molecule has 2 aromatic carbocycles. The van der Waals surface area contributed by atoms with Crippen LogP contribution < -0.4 is 5.32 Å². The number of nitrogens with one attached hydrogen (secondary N) is 1. The van der Waals surface area contributed by atoms with E-state index >= 15 is 0 Å². The molecule has 0 saturated carbocycles. The molecular formula is C16H14FNOS. The second kappa shape index (κ2) is 5.29. The van der Waals surface area contributed by atoms with Gasteiger partial charge in [0.1, 0.15) is 5.82 Å². The van der Waals surface area contributed by atoms with Crippen molar-refractivity contribution in [1.29, 1.82) is 0 Å². The van der Waals surface area contributed by atoms with Crippen molar-refractivity contribution in [1.82, 2.24) is 0 Å². The first-order valence-electron chi connectivity index (χ1n) is 6.45. The van der Waals surface area contributed by atoms with Crippen molar-refractivity contribution in [2.75, 3.05) is 5.32 Å². The van der Waals surface area contributed by atoms with Crippen LogP contribution in [0.2, 0.25) is 0 Å². The summed E-state index contributed by atoms with van der Waals surface area (Å²) < 4.78 is 13.5. The van der Waals surface area contributed by atoms with E-state index in [1.807, 2.05) is 6.92 Å². The summed E-state index contributed by atoms with van der Waals surface area (Å²) in [6, 6.07) is 12.4. The number of fused-ring (bicyclic) bond motifs is 1. The highest BCUT2D eigenvalue weighted by Crippen LogP contribution is 2.38. The number of amides is 1. The van der Waals surface area contributed by atoms with Crippen LogP contribution in [0.1, 0.15) is 11.1 Å². The fourth-order valence-corrected chi connectivity index (χ4v) is 3.55. The molecule has 20 heavy (non-hydrogen) atoms. The molecule has 0 spiro atoms. The van der Waals surface area contributed by atoms with E-state index in [1.54, 1.807) is 30.0 Å². The topological polar surface area (TPSA) is 29.1 Å². The minimum absolute atomic E-state index is 0.144. The lowest BCUT2D eigenvalue weighted by Crippen LogP contribution is -2.25. The third kappa shape index (κ3) is 2.56. The van der Waals surface area contributed by atoms with E-state index in [-0.39, 0.29) is 16.8 Å². The molecule has 0 saturated heterocycles. The van der Waals surface area contributed by atoms with E-state index in [0.717, 1.165) is 4.90 Å². The van der Waals surface area contributed by atoms with Crippen molar-refractivity contribution in [3.8, 4) is 0 Å². The number of hydrogen-bond acceptors (Lipinski definition) is 2. The van der Waals surface area contributed by atoms with Gasteiger partial charge < -0.3 is 5.32 Å². The lowest BCUT2D eigenvalue weighted by Gasteiger charge is -2.10. The number of carbonyl (C=O) groups is 1. The number of anilines is 1. The van der Waals surface area contributed by atoms with Crippen molar-refractivity contribution < 1.29 is 9.18 Å². The van der Waals surface area contributed by atoms with Crippen molar-refractivity contribution in [3.05, 3.63) is 59.4 Å². The zero-order valence-corrected chi connectivity index (χ0v) is 11.8. The van der Waals surface area contributed by atoms with Gasteiger partial charge in [0.05, 0.1) is 10.9 Å². The molecule has 2 aromatic rings. The van der Waals surface area contributed by atoms with E-state index < -0.39 is 5.82 Å². The maximum Gasteiger partial charge on any atom is 0.238 e. The molecule has 1 heterocycles. The van der Waals surface area contributed by atoms with E-state index in [0.29, 0.717) is 6.42 Å². The van der Waals surface area contributed by atoms with Gasteiger partial charge in [-0.3, -0.25) is 4.79 Å². The molecule has 1 amide bonds. The van der Waals surface area contributed by atoms with Crippen molar-refractivity contribution in [2.45, 2.75) is 23.5 Å². The van der Waals surface area contributed by atoms with Gasteiger partial charge in [-0.2, -0.15) is 0 Å². The minimum Gasteiger partial charge on any atom is -0.323 e. The van der Waals surface area contributed by atoms with E-state index in [1.165, 1.54) is 17.2 Å². The van der Waals surface area contributed by atoms with Gasteiger partial charge in [-0.15, -0.1) is 11.8 Å². The Hall–Kier alpha value is -1.81. The van der Waals surface area contributed by atoms with Gasteiger partial charge >= 0.3 is 0 Å². The summed E-state index contributed by atoms with van der Waals surface area (Å²) in [7, 11) is 0. The first-order valence-corrected chi connectivity index (χ1v) is 7.33. The van der Waals surface area contributed by atoms with Crippen LogP contribution in [0.4, 0.5) is 10.1 Å². The zero-order valence-electron chi connectivity index (χ0n) is 11.0. The fourth-order valence-electron chi connectivity index (χ4n) is 2.26. The molecule has 1 atom stereocenters. The van der Waals surface area contributed by atoms with Crippen molar-refractivity contribution in [2.24, 2.45) is 0 Å². The predicted octanol–water partition coefficient (Wildman–Crippen LogP) is 3.79. The van der Waals surface area contributed by atoms with Gasteiger partial charge in [-0.25, -0.2) is 4.39 Å². The molecule has 2 nitrogen and oxygen atoms in total. The summed E-state index contributed by atoms with van der Waals surface area (Å²) in [5, 5.41) is 2.48. The first-order chi connectivity index (χ1) is 9.63.